The highest BCUT2D eigenvalue weighted by Crippen LogP contribution is 2.36. The van der Waals surface area contributed by atoms with Crippen LogP contribution in [-0.4, -0.2) is 23.8 Å². The van der Waals surface area contributed by atoms with Gasteiger partial charge in [0, 0.05) is 30.3 Å². The van der Waals surface area contributed by atoms with E-state index in [0.717, 1.165) is 29.4 Å². The van der Waals surface area contributed by atoms with Gasteiger partial charge in [-0.15, -0.1) is 0 Å². The quantitative estimate of drug-likeness (QED) is 0.104. The second-order valence-electron chi connectivity index (χ2n) is 10.8. The maximum Gasteiger partial charge on any atom is 0.338 e. The number of carbonyl (C=O) groups is 1. The normalized spacial score (nSPS) is 14.3. The van der Waals surface area contributed by atoms with Crippen LogP contribution >= 0.6 is 79.7 Å². The van der Waals surface area contributed by atoms with Crippen LogP contribution in [0.1, 0.15) is 42.1 Å². The molecular weight excluding hydrogens is 909 g/mol. The van der Waals surface area contributed by atoms with Gasteiger partial charge in [-0.2, -0.15) is 0 Å². The standard InChI is InChI=1S/C37H28Cl2I2N2O5S/c1-3-46-27-14-11-22(12-15-27)33-31(36(45)47-4-2)32(21-8-6-5-7-9-21)42-37-43(33)35(44)30(49-37)17-24-16-26(40)19-29(41)34(24)48-20-23-10-13-25(38)18-28(23)39/h5-19,33H,3-4,20H2,1-2H3/b30-17-/t33-/m0/s1. The van der Waals surface area contributed by atoms with Gasteiger partial charge in [-0.05, 0) is 107 Å². The molecule has 6 rings (SSSR count). The molecule has 7 nitrogen and oxygen atoms in total. The minimum absolute atomic E-state index is 0.167. The zero-order valence-electron chi connectivity index (χ0n) is 26.2. The summed E-state index contributed by atoms with van der Waals surface area (Å²) in [4.78, 5) is 33.7. The Labute approximate surface area is 324 Å². The molecule has 0 fully saturated rings. The average molecular weight is 937 g/mol. The molecule has 49 heavy (non-hydrogen) atoms. The van der Waals surface area contributed by atoms with Gasteiger partial charge in [0.25, 0.3) is 5.56 Å². The number of carbonyl (C=O) groups excluding carboxylic acids is 1. The highest BCUT2D eigenvalue weighted by Gasteiger charge is 2.35. The van der Waals surface area contributed by atoms with Crippen LogP contribution in [0.15, 0.2) is 100 Å². The minimum atomic E-state index is -0.804. The molecule has 1 atom stereocenters. The Morgan fingerprint density at radius 3 is 2.41 bits per heavy atom. The van der Waals surface area contributed by atoms with Crippen molar-refractivity contribution < 1.29 is 19.0 Å². The molecule has 4 aromatic carbocycles. The maximum atomic E-state index is 14.5. The number of fused-ring (bicyclic) bond motifs is 1. The highest BCUT2D eigenvalue weighted by atomic mass is 127. The molecule has 12 heteroatoms. The fourth-order valence-corrected chi connectivity index (χ4v) is 8.94. The third kappa shape index (κ3) is 7.78. The minimum Gasteiger partial charge on any atom is -0.494 e. The monoisotopic (exact) mass is 936 g/mol. The van der Waals surface area contributed by atoms with Crippen molar-refractivity contribution in [2.75, 3.05) is 13.2 Å². The first kappa shape index (κ1) is 35.6. The van der Waals surface area contributed by atoms with Crippen molar-refractivity contribution in [3.8, 4) is 11.5 Å². The predicted octanol–water partition coefficient (Wildman–Crippen LogP) is 8.43. The Kier molecular flexibility index (Phi) is 11.5. The summed E-state index contributed by atoms with van der Waals surface area (Å²) in [6.07, 6.45) is 1.82. The van der Waals surface area contributed by atoms with Crippen molar-refractivity contribution in [1.29, 1.82) is 0 Å². The van der Waals surface area contributed by atoms with Crippen LogP contribution in [-0.2, 0) is 16.1 Å². The highest BCUT2D eigenvalue weighted by molar-refractivity contribution is 14.1. The average Bonchev–Trinajstić information content (AvgIpc) is 3.39. The summed E-state index contributed by atoms with van der Waals surface area (Å²) in [5, 5.41) is 1.04. The Morgan fingerprint density at radius 2 is 1.71 bits per heavy atom. The van der Waals surface area contributed by atoms with E-state index >= 15 is 0 Å². The number of hydrogen-bond donors (Lipinski definition) is 0. The number of aromatic nitrogens is 1. The molecule has 2 heterocycles. The topological polar surface area (TPSA) is 79.1 Å². The molecule has 250 valence electrons. The van der Waals surface area contributed by atoms with Crippen molar-refractivity contribution in [3.63, 3.8) is 0 Å². The van der Waals surface area contributed by atoms with Gasteiger partial charge in [0.05, 0.1) is 38.6 Å². The number of rotatable bonds is 10. The van der Waals surface area contributed by atoms with Crippen LogP contribution in [0.2, 0.25) is 10.0 Å². The molecule has 0 radical (unpaired) electrons. The fourth-order valence-electron chi connectivity index (χ4n) is 5.44. The summed E-state index contributed by atoms with van der Waals surface area (Å²) in [5.41, 5.74) is 3.40. The number of benzene rings is 4. The van der Waals surface area contributed by atoms with Gasteiger partial charge >= 0.3 is 5.97 Å². The molecule has 0 saturated carbocycles. The van der Waals surface area contributed by atoms with E-state index in [2.05, 4.69) is 45.2 Å². The lowest BCUT2D eigenvalue weighted by Gasteiger charge is -2.26. The summed E-state index contributed by atoms with van der Waals surface area (Å²) in [5.74, 6) is 0.754. The van der Waals surface area contributed by atoms with E-state index in [0.29, 0.717) is 43.2 Å². The van der Waals surface area contributed by atoms with Crippen LogP contribution in [0.4, 0.5) is 0 Å². The van der Waals surface area contributed by atoms with Crippen molar-refractivity contribution in [3.05, 3.63) is 150 Å². The Morgan fingerprint density at radius 1 is 0.959 bits per heavy atom. The molecule has 1 aliphatic rings. The van der Waals surface area contributed by atoms with Gasteiger partial charge < -0.3 is 14.2 Å². The molecule has 0 spiro atoms. The van der Waals surface area contributed by atoms with E-state index in [1.165, 1.54) is 11.3 Å². The van der Waals surface area contributed by atoms with Gasteiger partial charge in [-0.25, -0.2) is 9.79 Å². The van der Waals surface area contributed by atoms with E-state index in [1.54, 1.807) is 23.6 Å². The smallest absolute Gasteiger partial charge is 0.338 e. The van der Waals surface area contributed by atoms with Crippen LogP contribution in [0, 0.1) is 7.14 Å². The fraction of sp³-hybridized carbons (Fsp3) is 0.162. The van der Waals surface area contributed by atoms with Gasteiger partial charge in [-0.3, -0.25) is 9.36 Å². The molecule has 1 aliphatic heterocycles. The van der Waals surface area contributed by atoms with Gasteiger partial charge in [0.15, 0.2) is 4.80 Å². The van der Waals surface area contributed by atoms with Crippen molar-refractivity contribution in [2.24, 2.45) is 4.99 Å². The van der Waals surface area contributed by atoms with E-state index < -0.39 is 12.0 Å². The lowest BCUT2D eigenvalue weighted by molar-refractivity contribution is -0.138. The Hall–Kier alpha value is -3.17. The van der Waals surface area contributed by atoms with E-state index in [-0.39, 0.29) is 24.3 Å². The maximum absolute atomic E-state index is 14.5. The van der Waals surface area contributed by atoms with Gasteiger partial charge in [-0.1, -0.05) is 83.1 Å². The van der Waals surface area contributed by atoms with Gasteiger partial charge in [0.1, 0.15) is 18.1 Å². The van der Waals surface area contributed by atoms with Crippen LogP contribution < -0.4 is 24.4 Å². The van der Waals surface area contributed by atoms with Crippen LogP contribution in [0.3, 0.4) is 0 Å². The third-order valence-electron chi connectivity index (χ3n) is 7.59. The number of nitrogens with zero attached hydrogens (tertiary/aromatic N) is 2. The van der Waals surface area contributed by atoms with Crippen LogP contribution in [0.25, 0.3) is 11.8 Å². The number of halogens is 4. The lowest BCUT2D eigenvalue weighted by Crippen LogP contribution is -2.40. The zero-order chi connectivity index (χ0) is 34.7. The molecule has 0 saturated heterocycles. The molecular formula is C37H28Cl2I2N2O5S. The molecule has 0 bridgehead atoms. The molecule has 0 aliphatic carbocycles. The summed E-state index contributed by atoms with van der Waals surface area (Å²) in [6.45, 7) is 4.55. The number of thiazole rings is 1. The SMILES string of the molecule is CCOC(=O)C1=C(c2ccccc2)N=c2s/c(=C\c3cc(I)cc(I)c3OCc3ccc(Cl)cc3Cl)c(=O)n2[C@H]1c1ccc(OCC)cc1. The summed E-state index contributed by atoms with van der Waals surface area (Å²) in [7, 11) is 0. The van der Waals surface area contributed by atoms with Crippen molar-refractivity contribution in [2.45, 2.75) is 26.5 Å². The summed E-state index contributed by atoms with van der Waals surface area (Å²) >= 11 is 18.3. The number of hydrogen-bond acceptors (Lipinski definition) is 7. The second kappa shape index (κ2) is 15.8. The summed E-state index contributed by atoms with van der Waals surface area (Å²) < 4.78 is 21.5. The lowest BCUT2D eigenvalue weighted by atomic mass is 9.93. The van der Waals surface area contributed by atoms with Crippen molar-refractivity contribution in [1.82, 2.24) is 4.57 Å². The molecule has 0 amide bonds. The summed E-state index contributed by atoms with van der Waals surface area (Å²) in [6, 6.07) is 25.3. The number of ether oxygens (including phenoxy) is 3. The molecule has 0 N–H and O–H groups in total. The third-order valence-corrected chi connectivity index (χ3v) is 10.6. The molecule has 1 aromatic heterocycles. The van der Waals surface area contributed by atoms with Gasteiger partial charge in [0.2, 0.25) is 0 Å². The first-order chi connectivity index (χ1) is 23.7. The second-order valence-corrected chi connectivity index (χ2v) is 15.0. The van der Waals surface area contributed by atoms with E-state index in [9.17, 15) is 9.59 Å². The van der Waals surface area contributed by atoms with Crippen LogP contribution in [0.5, 0.6) is 11.5 Å². The largest absolute Gasteiger partial charge is 0.494 e. The molecule has 5 aromatic rings. The first-order valence-corrected chi connectivity index (χ1v) is 19.0. The van der Waals surface area contributed by atoms with Crippen molar-refractivity contribution >= 4 is 97.5 Å². The Balaban J connectivity index is 1.54. The predicted molar refractivity (Wildman–Crippen MR) is 211 cm³/mol. The number of esters is 1. The first-order valence-electron chi connectivity index (χ1n) is 15.3. The zero-order valence-corrected chi connectivity index (χ0v) is 32.9. The van der Waals surface area contributed by atoms with E-state index in [1.807, 2.05) is 85.8 Å². The van der Waals surface area contributed by atoms with E-state index in [4.69, 9.17) is 42.4 Å². The molecule has 0 unspecified atom stereocenters. The Bertz CT molecular complexity index is 2250.